The quantitative estimate of drug-likeness (QED) is 0.812. The molecule has 0 saturated heterocycles. The lowest BCUT2D eigenvalue weighted by molar-refractivity contribution is -0.115. The molecule has 0 unspecified atom stereocenters. The van der Waals surface area contributed by atoms with E-state index in [0.717, 1.165) is 10.6 Å². The van der Waals surface area contributed by atoms with Gasteiger partial charge in [-0.15, -0.1) is 11.8 Å². The van der Waals surface area contributed by atoms with Crippen molar-refractivity contribution in [3.05, 3.63) is 59.7 Å². The summed E-state index contributed by atoms with van der Waals surface area (Å²) in [4.78, 5) is 24.2. The fourth-order valence-corrected chi connectivity index (χ4v) is 2.97. The van der Waals surface area contributed by atoms with Gasteiger partial charge in [0.25, 0.3) is 5.91 Å². The number of hydrogen-bond donors (Lipinski definition) is 2. The Morgan fingerprint density at radius 3 is 2.25 bits per heavy atom. The minimum atomic E-state index is -0.409. The van der Waals surface area contributed by atoms with Crippen LogP contribution in [0.2, 0.25) is 0 Å². The zero-order chi connectivity index (χ0) is 17.7. The third kappa shape index (κ3) is 4.86. The number of nitrogens with one attached hydrogen (secondary N) is 1. The summed E-state index contributed by atoms with van der Waals surface area (Å²) >= 11 is 1.26. The number of anilines is 1. The third-order valence-electron chi connectivity index (χ3n) is 3.51. The lowest BCUT2D eigenvalue weighted by Crippen LogP contribution is -2.16. The van der Waals surface area contributed by atoms with Gasteiger partial charge in [-0.05, 0) is 35.2 Å². The second-order valence-electron chi connectivity index (χ2n) is 6.53. The highest BCUT2D eigenvalue weighted by Crippen LogP contribution is 2.25. The first kappa shape index (κ1) is 18.1. The van der Waals surface area contributed by atoms with Crippen molar-refractivity contribution in [3.8, 4) is 0 Å². The molecule has 0 aliphatic heterocycles. The second kappa shape index (κ2) is 7.53. The van der Waals surface area contributed by atoms with Crippen LogP contribution in [-0.2, 0) is 10.2 Å². The molecule has 0 aliphatic carbocycles. The Morgan fingerprint density at radius 1 is 1.04 bits per heavy atom. The van der Waals surface area contributed by atoms with Crippen LogP contribution < -0.4 is 11.1 Å². The van der Waals surface area contributed by atoms with Crippen molar-refractivity contribution >= 4 is 29.3 Å². The molecule has 2 amide bonds. The first-order valence-electron chi connectivity index (χ1n) is 7.69. The van der Waals surface area contributed by atoms with E-state index in [-0.39, 0.29) is 17.1 Å². The normalized spacial score (nSPS) is 11.1. The van der Waals surface area contributed by atoms with Crippen molar-refractivity contribution in [3.63, 3.8) is 0 Å². The summed E-state index contributed by atoms with van der Waals surface area (Å²) in [5.41, 5.74) is 7.73. The van der Waals surface area contributed by atoms with Crippen LogP contribution in [0.3, 0.4) is 0 Å². The monoisotopic (exact) mass is 342 g/mol. The first-order valence-corrected chi connectivity index (χ1v) is 8.68. The van der Waals surface area contributed by atoms with Gasteiger partial charge in [0, 0.05) is 10.6 Å². The number of nitrogens with two attached hydrogens (primary N) is 1. The average molecular weight is 342 g/mol. The van der Waals surface area contributed by atoms with Crippen molar-refractivity contribution in [2.75, 3.05) is 11.1 Å². The topological polar surface area (TPSA) is 72.2 Å². The number of thioether (sulfide) groups is 1. The maximum Gasteiger partial charge on any atom is 0.256 e. The standard InChI is InChI=1S/C19H22N2O2S/c1-19(2,3)13-8-10-14(11-9-13)21-18(23)15-6-4-5-7-16(15)24-12-17(20)22/h4-11H,12H2,1-3H3,(H2,20,22)(H,21,23). The molecule has 0 aromatic heterocycles. The van der Waals surface area contributed by atoms with Crippen molar-refractivity contribution in [2.45, 2.75) is 31.1 Å². The van der Waals surface area contributed by atoms with Gasteiger partial charge in [0.15, 0.2) is 0 Å². The van der Waals surface area contributed by atoms with Gasteiger partial charge >= 0.3 is 0 Å². The van der Waals surface area contributed by atoms with Gasteiger partial charge in [-0.25, -0.2) is 0 Å². The molecule has 0 heterocycles. The molecule has 0 fully saturated rings. The van der Waals surface area contributed by atoms with Crippen LogP contribution in [0.4, 0.5) is 5.69 Å². The number of primary amides is 1. The van der Waals surface area contributed by atoms with E-state index in [9.17, 15) is 9.59 Å². The van der Waals surface area contributed by atoms with E-state index in [1.165, 1.54) is 17.3 Å². The van der Waals surface area contributed by atoms with E-state index in [1.54, 1.807) is 12.1 Å². The number of hydrogen-bond acceptors (Lipinski definition) is 3. The van der Waals surface area contributed by atoms with Gasteiger partial charge in [-0.3, -0.25) is 9.59 Å². The van der Waals surface area contributed by atoms with Gasteiger partial charge < -0.3 is 11.1 Å². The predicted molar refractivity (Wildman–Crippen MR) is 99.5 cm³/mol. The van der Waals surface area contributed by atoms with Crippen LogP contribution in [0.15, 0.2) is 53.4 Å². The van der Waals surface area contributed by atoms with Crippen LogP contribution in [0.5, 0.6) is 0 Å². The molecule has 0 saturated carbocycles. The maximum atomic E-state index is 12.5. The van der Waals surface area contributed by atoms with E-state index < -0.39 is 5.91 Å². The van der Waals surface area contributed by atoms with Crippen LogP contribution >= 0.6 is 11.8 Å². The second-order valence-corrected chi connectivity index (χ2v) is 7.55. The lowest BCUT2D eigenvalue weighted by atomic mass is 9.87. The molecule has 5 heteroatoms. The number of amides is 2. The van der Waals surface area contributed by atoms with E-state index in [2.05, 4.69) is 26.1 Å². The van der Waals surface area contributed by atoms with Gasteiger partial charge in [0.2, 0.25) is 5.91 Å². The first-order chi connectivity index (χ1) is 11.3. The van der Waals surface area contributed by atoms with Crippen LogP contribution in [0.1, 0.15) is 36.7 Å². The number of carbonyl (C=O) groups is 2. The molecule has 126 valence electrons. The van der Waals surface area contributed by atoms with E-state index in [4.69, 9.17) is 5.73 Å². The Labute approximate surface area is 146 Å². The molecular formula is C19H22N2O2S. The van der Waals surface area contributed by atoms with Gasteiger partial charge in [0.1, 0.15) is 0 Å². The zero-order valence-electron chi connectivity index (χ0n) is 14.1. The van der Waals surface area contributed by atoms with Gasteiger partial charge in [0.05, 0.1) is 11.3 Å². The Bertz CT molecular complexity index is 734. The SMILES string of the molecule is CC(C)(C)c1ccc(NC(=O)c2ccccc2SCC(N)=O)cc1. The fraction of sp³-hybridized carbons (Fsp3) is 0.263. The molecule has 2 rings (SSSR count). The molecule has 24 heavy (non-hydrogen) atoms. The fourth-order valence-electron chi connectivity index (χ4n) is 2.18. The van der Waals surface area contributed by atoms with Crippen LogP contribution in [-0.4, -0.2) is 17.6 Å². The number of rotatable bonds is 5. The van der Waals surface area contributed by atoms with Crippen molar-refractivity contribution in [1.82, 2.24) is 0 Å². The molecule has 2 aromatic rings. The van der Waals surface area contributed by atoms with E-state index in [1.807, 2.05) is 36.4 Å². The molecule has 0 spiro atoms. The minimum Gasteiger partial charge on any atom is -0.369 e. The Kier molecular flexibility index (Phi) is 5.67. The summed E-state index contributed by atoms with van der Waals surface area (Å²) in [5.74, 6) is -0.469. The summed E-state index contributed by atoms with van der Waals surface area (Å²) in [6, 6.07) is 15.0. The molecule has 2 aromatic carbocycles. The van der Waals surface area contributed by atoms with Gasteiger partial charge in [-0.2, -0.15) is 0 Å². The highest BCUT2D eigenvalue weighted by molar-refractivity contribution is 8.00. The molecular weight excluding hydrogens is 320 g/mol. The third-order valence-corrected chi connectivity index (χ3v) is 4.61. The average Bonchev–Trinajstić information content (AvgIpc) is 2.52. The molecule has 0 aliphatic rings. The molecule has 3 N–H and O–H groups in total. The molecule has 4 nitrogen and oxygen atoms in total. The molecule has 0 atom stereocenters. The summed E-state index contributed by atoms with van der Waals surface area (Å²) in [7, 11) is 0. The molecule has 0 bridgehead atoms. The summed E-state index contributed by atoms with van der Waals surface area (Å²) in [6.45, 7) is 6.44. The summed E-state index contributed by atoms with van der Waals surface area (Å²) in [5, 5.41) is 2.90. The van der Waals surface area contributed by atoms with E-state index >= 15 is 0 Å². The smallest absolute Gasteiger partial charge is 0.256 e. The van der Waals surface area contributed by atoms with E-state index in [0.29, 0.717) is 5.56 Å². The Morgan fingerprint density at radius 2 is 1.67 bits per heavy atom. The lowest BCUT2D eigenvalue weighted by Gasteiger charge is -2.19. The highest BCUT2D eigenvalue weighted by atomic mass is 32.2. The molecule has 0 radical (unpaired) electrons. The Balaban J connectivity index is 2.14. The van der Waals surface area contributed by atoms with Crippen LogP contribution in [0, 0.1) is 0 Å². The van der Waals surface area contributed by atoms with Crippen molar-refractivity contribution < 1.29 is 9.59 Å². The van der Waals surface area contributed by atoms with Crippen LogP contribution in [0.25, 0.3) is 0 Å². The van der Waals surface area contributed by atoms with Gasteiger partial charge in [-0.1, -0.05) is 45.0 Å². The minimum absolute atomic E-state index is 0.0700. The Hall–Kier alpha value is -2.27. The largest absolute Gasteiger partial charge is 0.369 e. The number of carbonyl (C=O) groups excluding carboxylic acids is 2. The maximum absolute atomic E-state index is 12.5. The van der Waals surface area contributed by atoms with Crippen molar-refractivity contribution in [1.29, 1.82) is 0 Å². The summed E-state index contributed by atoms with van der Waals surface area (Å²) in [6.07, 6.45) is 0. The van der Waals surface area contributed by atoms with Crippen molar-refractivity contribution in [2.24, 2.45) is 5.73 Å². The number of benzene rings is 2. The highest BCUT2D eigenvalue weighted by Gasteiger charge is 2.15. The summed E-state index contributed by atoms with van der Waals surface area (Å²) < 4.78 is 0. The predicted octanol–water partition coefficient (Wildman–Crippen LogP) is 3.81. The zero-order valence-corrected chi connectivity index (χ0v) is 14.9.